The van der Waals surface area contributed by atoms with Gasteiger partial charge in [0.1, 0.15) is 5.75 Å². The molecular formula is C21H35NO2. The Morgan fingerprint density at radius 2 is 1.75 bits per heavy atom. The van der Waals surface area contributed by atoms with Gasteiger partial charge < -0.3 is 10.1 Å². The minimum Gasteiger partial charge on any atom is -0.410 e. The molecule has 3 nitrogen and oxygen atoms in total. The number of nitrogens with one attached hydrogen (secondary N) is 1. The number of benzene rings is 1. The molecule has 1 aromatic rings. The summed E-state index contributed by atoms with van der Waals surface area (Å²) in [7, 11) is 0. The van der Waals surface area contributed by atoms with E-state index in [4.69, 9.17) is 4.74 Å². The van der Waals surface area contributed by atoms with Gasteiger partial charge >= 0.3 is 6.09 Å². The van der Waals surface area contributed by atoms with Gasteiger partial charge in [0.05, 0.1) is 0 Å². The summed E-state index contributed by atoms with van der Waals surface area (Å²) < 4.78 is 5.79. The zero-order valence-corrected chi connectivity index (χ0v) is 16.3. The van der Waals surface area contributed by atoms with E-state index in [2.05, 4.69) is 58.1 Å². The molecule has 0 radical (unpaired) electrons. The largest absolute Gasteiger partial charge is 0.412 e. The van der Waals surface area contributed by atoms with Crippen molar-refractivity contribution >= 4 is 6.09 Å². The van der Waals surface area contributed by atoms with Crippen LogP contribution in [0.25, 0.3) is 0 Å². The monoisotopic (exact) mass is 333 g/mol. The highest BCUT2D eigenvalue weighted by Gasteiger charge is 2.19. The van der Waals surface area contributed by atoms with Gasteiger partial charge in [-0.25, -0.2) is 4.79 Å². The van der Waals surface area contributed by atoms with Crippen LogP contribution in [0.3, 0.4) is 0 Å². The molecule has 0 saturated carbocycles. The summed E-state index contributed by atoms with van der Waals surface area (Å²) in [6.45, 7) is 12.8. The molecule has 24 heavy (non-hydrogen) atoms. The third-order valence-corrected chi connectivity index (χ3v) is 4.64. The lowest BCUT2D eigenvalue weighted by Gasteiger charge is -2.21. The number of ether oxygens (including phenoxy) is 1. The van der Waals surface area contributed by atoms with Crippen molar-refractivity contribution in [1.29, 1.82) is 0 Å². The Bertz CT molecular complexity index is 511. The molecule has 0 aliphatic heterocycles. The zero-order chi connectivity index (χ0) is 18.1. The minimum absolute atomic E-state index is 0.141. The van der Waals surface area contributed by atoms with E-state index in [1.165, 1.54) is 12.8 Å². The maximum absolute atomic E-state index is 12.4. The van der Waals surface area contributed by atoms with Gasteiger partial charge in [-0.05, 0) is 42.7 Å². The van der Waals surface area contributed by atoms with Crippen LogP contribution in [0, 0.1) is 0 Å². The summed E-state index contributed by atoms with van der Waals surface area (Å²) in [4.78, 5) is 12.4. The second kappa shape index (κ2) is 10.4. The van der Waals surface area contributed by atoms with E-state index in [0.717, 1.165) is 36.1 Å². The summed E-state index contributed by atoms with van der Waals surface area (Å²) in [5.41, 5.74) is 2.22. The molecule has 0 saturated heterocycles. The molecule has 0 fully saturated rings. The van der Waals surface area contributed by atoms with Crippen LogP contribution >= 0.6 is 0 Å². The molecule has 3 heteroatoms. The van der Waals surface area contributed by atoms with E-state index in [1.807, 2.05) is 6.92 Å². The Labute approximate surface area is 148 Å². The second-order valence-corrected chi connectivity index (χ2v) is 7.16. The summed E-state index contributed by atoms with van der Waals surface area (Å²) >= 11 is 0. The van der Waals surface area contributed by atoms with E-state index in [0.29, 0.717) is 11.8 Å². The summed E-state index contributed by atoms with van der Waals surface area (Å²) in [5.74, 6) is 1.44. The maximum atomic E-state index is 12.4. The molecule has 0 aromatic heterocycles. The molecule has 0 aliphatic carbocycles. The number of amides is 1. The first kappa shape index (κ1) is 20.5. The average Bonchev–Trinajstić information content (AvgIpc) is 2.54. The molecule has 0 heterocycles. The Balaban J connectivity index is 2.86. The van der Waals surface area contributed by atoms with Gasteiger partial charge in [0.2, 0.25) is 0 Å². The van der Waals surface area contributed by atoms with Gasteiger partial charge in [-0.2, -0.15) is 0 Å². The lowest BCUT2D eigenvalue weighted by atomic mass is 9.92. The Morgan fingerprint density at radius 3 is 2.33 bits per heavy atom. The number of carbonyl (C=O) groups is 1. The molecule has 1 rings (SSSR count). The molecule has 2 atom stereocenters. The van der Waals surface area contributed by atoms with Gasteiger partial charge in [-0.15, -0.1) is 0 Å². The SMILES string of the molecule is CCCCCC(C)NC(=O)Oc1c(C(C)C)cccc1C(C)CC. The Hall–Kier alpha value is -1.51. The highest BCUT2D eigenvalue weighted by atomic mass is 16.6. The van der Waals surface area contributed by atoms with E-state index >= 15 is 0 Å². The van der Waals surface area contributed by atoms with Crippen molar-refractivity contribution in [3.8, 4) is 5.75 Å². The van der Waals surface area contributed by atoms with Crippen LogP contribution in [-0.4, -0.2) is 12.1 Å². The van der Waals surface area contributed by atoms with Crippen LogP contribution in [0.1, 0.15) is 96.6 Å². The van der Waals surface area contributed by atoms with Crippen LogP contribution in [0.15, 0.2) is 18.2 Å². The third-order valence-electron chi connectivity index (χ3n) is 4.64. The van der Waals surface area contributed by atoms with Crippen LogP contribution in [0.5, 0.6) is 5.75 Å². The van der Waals surface area contributed by atoms with Gasteiger partial charge in [-0.1, -0.05) is 72.1 Å². The number of unbranched alkanes of at least 4 members (excludes halogenated alkanes) is 2. The lowest BCUT2D eigenvalue weighted by Crippen LogP contribution is -2.35. The van der Waals surface area contributed by atoms with Crippen LogP contribution in [0.4, 0.5) is 4.79 Å². The Kier molecular flexibility index (Phi) is 8.88. The van der Waals surface area contributed by atoms with E-state index in [-0.39, 0.29) is 12.1 Å². The number of hydrogen-bond acceptors (Lipinski definition) is 2. The minimum atomic E-state index is -0.336. The smallest absolute Gasteiger partial charge is 0.410 e. The van der Waals surface area contributed by atoms with Gasteiger partial charge in [-0.3, -0.25) is 0 Å². The van der Waals surface area contributed by atoms with Crippen LogP contribution in [0.2, 0.25) is 0 Å². The van der Waals surface area contributed by atoms with Crippen molar-refractivity contribution in [3.05, 3.63) is 29.3 Å². The molecule has 1 N–H and O–H groups in total. The quantitative estimate of drug-likeness (QED) is 0.532. The third kappa shape index (κ3) is 6.18. The first-order valence-electron chi connectivity index (χ1n) is 9.51. The second-order valence-electron chi connectivity index (χ2n) is 7.16. The van der Waals surface area contributed by atoms with Gasteiger partial charge in [0.15, 0.2) is 0 Å². The number of rotatable bonds is 9. The normalized spacial score (nSPS) is 13.6. The van der Waals surface area contributed by atoms with Crippen molar-refractivity contribution in [2.75, 3.05) is 0 Å². The summed E-state index contributed by atoms with van der Waals surface area (Å²) in [6.07, 6.45) is 5.21. The highest BCUT2D eigenvalue weighted by molar-refractivity contribution is 5.72. The fraction of sp³-hybridized carbons (Fsp3) is 0.667. The molecule has 2 unspecified atom stereocenters. The Morgan fingerprint density at radius 1 is 1.08 bits per heavy atom. The zero-order valence-electron chi connectivity index (χ0n) is 16.3. The fourth-order valence-corrected chi connectivity index (χ4v) is 2.85. The number of hydrogen-bond donors (Lipinski definition) is 1. The van der Waals surface area contributed by atoms with Gasteiger partial charge in [0.25, 0.3) is 0 Å². The standard InChI is InChI=1S/C21H35NO2/c1-7-9-10-12-17(6)22-21(23)24-20-18(15(3)4)13-11-14-19(20)16(5)8-2/h11,13-17H,7-10,12H2,1-6H3,(H,22,23). The molecule has 0 bridgehead atoms. The fourth-order valence-electron chi connectivity index (χ4n) is 2.85. The topological polar surface area (TPSA) is 38.3 Å². The highest BCUT2D eigenvalue weighted by Crippen LogP contribution is 2.35. The molecule has 136 valence electrons. The van der Waals surface area contributed by atoms with Crippen LogP contribution < -0.4 is 10.1 Å². The van der Waals surface area contributed by atoms with Crippen LogP contribution in [-0.2, 0) is 0 Å². The van der Waals surface area contributed by atoms with Crippen molar-refractivity contribution in [2.45, 2.75) is 91.5 Å². The van der Waals surface area contributed by atoms with Gasteiger partial charge in [0, 0.05) is 6.04 Å². The van der Waals surface area contributed by atoms with Crippen molar-refractivity contribution in [3.63, 3.8) is 0 Å². The lowest BCUT2D eigenvalue weighted by molar-refractivity contribution is 0.195. The molecule has 1 aromatic carbocycles. The molecular weight excluding hydrogens is 298 g/mol. The summed E-state index contributed by atoms with van der Waals surface area (Å²) in [6, 6.07) is 6.34. The number of para-hydroxylation sites is 1. The van der Waals surface area contributed by atoms with Crippen molar-refractivity contribution < 1.29 is 9.53 Å². The first-order valence-corrected chi connectivity index (χ1v) is 9.51. The molecule has 1 amide bonds. The first-order chi connectivity index (χ1) is 11.4. The number of carbonyl (C=O) groups excluding carboxylic acids is 1. The average molecular weight is 334 g/mol. The van der Waals surface area contributed by atoms with E-state index in [1.54, 1.807) is 0 Å². The van der Waals surface area contributed by atoms with E-state index in [9.17, 15) is 4.79 Å². The predicted molar refractivity (Wildman–Crippen MR) is 102 cm³/mol. The summed E-state index contributed by atoms with van der Waals surface area (Å²) in [5, 5.41) is 2.98. The molecule has 0 spiro atoms. The van der Waals surface area contributed by atoms with E-state index < -0.39 is 0 Å². The van der Waals surface area contributed by atoms with Crippen molar-refractivity contribution in [1.82, 2.24) is 5.32 Å². The van der Waals surface area contributed by atoms with Crippen molar-refractivity contribution in [2.24, 2.45) is 0 Å². The predicted octanol–water partition coefficient (Wildman–Crippen LogP) is 6.38. The maximum Gasteiger partial charge on any atom is 0.412 e. The molecule has 0 aliphatic rings.